The average molecular weight is 315 g/mol. The van der Waals surface area contributed by atoms with E-state index in [4.69, 9.17) is 0 Å². The highest BCUT2D eigenvalue weighted by Gasteiger charge is 2.15. The highest BCUT2D eigenvalue weighted by Crippen LogP contribution is 2.33. The van der Waals surface area contributed by atoms with Crippen molar-refractivity contribution >= 4 is 0 Å². The topological polar surface area (TPSA) is 38.7 Å². The third-order valence-corrected chi connectivity index (χ3v) is 4.83. The Morgan fingerprint density at radius 1 is 0.708 bits per heavy atom. The summed E-state index contributed by atoms with van der Waals surface area (Å²) in [6.07, 6.45) is 10.4. The van der Waals surface area contributed by atoms with Crippen LogP contribution in [0.5, 0.6) is 0 Å². The predicted molar refractivity (Wildman–Crippen MR) is 96.5 cm³/mol. The van der Waals surface area contributed by atoms with Crippen LogP contribution in [0.2, 0.25) is 0 Å². The van der Waals surface area contributed by atoms with Crippen molar-refractivity contribution < 1.29 is 0 Å². The van der Waals surface area contributed by atoms with Gasteiger partial charge in [0, 0.05) is 18.0 Å². The van der Waals surface area contributed by atoms with E-state index in [2.05, 4.69) is 39.2 Å². The fourth-order valence-electron chi connectivity index (χ4n) is 3.50. The average Bonchev–Trinajstić information content (AvgIpc) is 2.70. The molecule has 1 fully saturated rings. The number of rotatable bonds is 3. The molecule has 0 atom stereocenters. The first-order valence-electron chi connectivity index (χ1n) is 8.75. The molecule has 24 heavy (non-hydrogen) atoms. The van der Waals surface area contributed by atoms with Crippen LogP contribution in [-0.2, 0) is 0 Å². The molecule has 1 aliphatic carbocycles. The number of pyridine rings is 1. The number of hydrogen-bond acceptors (Lipinski definition) is 3. The molecular formula is C21H21N3. The summed E-state index contributed by atoms with van der Waals surface area (Å²) in [4.78, 5) is 13.4. The molecule has 0 amide bonds. The zero-order valence-corrected chi connectivity index (χ0v) is 13.7. The lowest BCUT2D eigenvalue weighted by molar-refractivity contribution is 0.443. The van der Waals surface area contributed by atoms with Crippen LogP contribution in [0.1, 0.15) is 43.6 Å². The zero-order valence-electron chi connectivity index (χ0n) is 13.7. The second-order valence-corrected chi connectivity index (χ2v) is 6.44. The lowest BCUT2D eigenvalue weighted by atomic mass is 9.84. The van der Waals surface area contributed by atoms with Gasteiger partial charge in [0.1, 0.15) is 5.69 Å². The Labute approximate surface area is 142 Å². The number of benzene rings is 1. The summed E-state index contributed by atoms with van der Waals surface area (Å²) in [5.41, 5.74) is 4.35. The SMILES string of the molecule is c1ccc(-c2nccc(-c3ccc(C4CCCCC4)cc3)n2)nc1. The van der Waals surface area contributed by atoms with Crippen LogP contribution >= 0.6 is 0 Å². The van der Waals surface area contributed by atoms with E-state index in [-0.39, 0.29) is 0 Å². The first-order valence-corrected chi connectivity index (χ1v) is 8.75. The quantitative estimate of drug-likeness (QED) is 0.662. The normalized spacial score (nSPS) is 15.3. The zero-order chi connectivity index (χ0) is 16.2. The second kappa shape index (κ2) is 6.91. The molecular weight excluding hydrogens is 294 g/mol. The predicted octanol–water partition coefficient (Wildman–Crippen LogP) is 5.25. The molecule has 2 heterocycles. The first kappa shape index (κ1) is 15.0. The number of nitrogens with zero attached hydrogens (tertiary/aromatic N) is 3. The fourth-order valence-corrected chi connectivity index (χ4v) is 3.50. The molecule has 120 valence electrons. The van der Waals surface area contributed by atoms with Crippen LogP contribution in [0, 0.1) is 0 Å². The Morgan fingerprint density at radius 3 is 2.29 bits per heavy atom. The maximum Gasteiger partial charge on any atom is 0.178 e. The van der Waals surface area contributed by atoms with E-state index in [0.29, 0.717) is 5.82 Å². The van der Waals surface area contributed by atoms with Gasteiger partial charge in [0.25, 0.3) is 0 Å². The molecule has 0 radical (unpaired) electrons. The molecule has 1 aliphatic rings. The van der Waals surface area contributed by atoms with Crippen LogP contribution in [0.15, 0.2) is 60.9 Å². The maximum absolute atomic E-state index is 4.68. The van der Waals surface area contributed by atoms with Crippen LogP contribution in [0.3, 0.4) is 0 Å². The van der Waals surface area contributed by atoms with Crippen molar-refractivity contribution in [3.05, 3.63) is 66.5 Å². The monoisotopic (exact) mass is 315 g/mol. The van der Waals surface area contributed by atoms with Gasteiger partial charge in [-0.3, -0.25) is 4.98 Å². The van der Waals surface area contributed by atoms with Gasteiger partial charge in [0.05, 0.1) is 5.69 Å². The molecule has 1 saturated carbocycles. The summed E-state index contributed by atoms with van der Waals surface area (Å²) in [5.74, 6) is 1.41. The maximum atomic E-state index is 4.68. The molecule has 3 aromatic rings. The third kappa shape index (κ3) is 3.21. The molecule has 0 N–H and O–H groups in total. The van der Waals surface area contributed by atoms with E-state index in [1.165, 1.54) is 37.7 Å². The molecule has 0 saturated heterocycles. The minimum Gasteiger partial charge on any atom is -0.253 e. The Bertz CT molecular complexity index is 791. The van der Waals surface area contributed by atoms with Gasteiger partial charge in [-0.2, -0.15) is 0 Å². The Hall–Kier alpha value is -2.55. The Balaban J connectivity index is 1.60. The van der Waals surface area contributed by atoms with Crippen molar-refractivity contribution in [1.82, 2.24) is 15.0 Å². The molecule has 2 aromatic heterocycles. The van der Waals surface area contributed by atoms with Gasteiger partial charge in [-0.1, -0.05) is 49.6 Å². The molecule has 0 unspecified atom stereocenters. The molecule has 3 heteroatoms. The fraction of sp³-hybridized carbons (Fsp3) is 0.286. The van der Waals surface area contributed by atoms with Crippen molar-refractivity contribution in [2.24, 2.45) is 0 Å². The minimum absolute atomic E-state index is 0.671. The largest absolute Gasteiger partial charge is 0.253 e. The molecule has 4 rings (SSSR count). The van der Waals surface area contributed by atoms with Gasteiger partial charge < -0.3 is 0 Å². The third-order valence-electron chi connectivity index (χ3n) is 4.83. The number of aromatic nitrogens is 3. The van der Waals surface area contributed by atoms with Gasteiger partial charge in [0.2, 0.25) is 0 Å². The summed E-state index contributed by atoms with van der Waals surface area (Å²) < 4.78 is 0. The van der Waals surface area contributed by atoms with E-state index in [1.807, 2.05) is 24.3 Å². The van der Waals surface area contributed by atoms with E-state index < -0.39 is 0 Å². The van der Waals surface area contributed by atoms with Crippen LogP contribution in [0.4, 0.5) is 0 Å². The van der Waals surface area contributed by atoms with Crippen molar-refractivity contribution in [2.45, 2.75) is 38.0 Å². The van der Waals surface area contributed by atoms with Crippen molar-refractivity contribution in [3.63, 3.8) is 0 Å². The van der Waals surface area contributed by atoms with Gasteiger partial charge >= 0.3 is 0 Å². The summed E-state index contributed by atoms with van der Waals surface area (Å²) in [7, 11) is 0. The minimum atomic E-state index is 0.671. The van der Waals surface area contributed by atoms with Gasteiger partial charge in [0.15, 0.2) is 5.82 Å². The molecule has 0 aliphatic heterocycles. The lowest BCUT2D eigenvalue weighted by Crippen LogP contribution is -2.04. The van der Waals surface area contributed by atoms with Crippen molar-refractivity contribution in [2.75, 3.05) is 0 Å². The summed E-state index contributed by atoms with van der Waals surface area (Å²) in [6.45, 7) is 0. The first-order chi connectivity index (χ1) is 11.9. The molecule has 1 aromatic carbocycles. The summed E-state index contributed by atoms with van der Waals surface area (Å²) in [5, 5.41) is 0. The highest BCUT2D eigenvalue weighted by molar-refractivity contribution is 5.62. The molecule has 3 nitrogen and oxygen atoms in total. The van der Waals surface area contributed by atoms with Gasteiger partial charge in [-0.15, -0.1) is 0 Å². The molecule has 0 spiro atoms. The van der Waals surface area contributed by atoms with Crippen LogP contribution in [0.25, 0.3) is 22.8 Å². The van der Waals surface area contributed by atoms with Crippen molar-refractivity contribution in [1.29, 1.82) is 0 Å². The van der Waals surface area contributed by atoms with Gasteiger partial charge in [-0.25, -0.2) is 9.97 Å². The standard InChI is InChI=1S/C21H21N3/c1-2-6-16(7-3-1)17-9-11-18(12-10-17)19-13-15-23-21(24-19)20-8-4-5-14-22-20/h4-5,8-16H,1-3,6-7H2. The summed E-state index contributed by atoms with van der Waals surface area (Å²) >= 11 is 0. The Morgan fingerprint density at radius 2 is 1.54 bits per heavy atom. The van der Waals surface area contributed by atoms with Crippen LogP contribution in [-0.4, -0.2) is 15.0 Å². The Kier molecular flexibility index (Phi) is 4.32. The number of hydrogen-bond donors (Lipinski definition) is 0. The van der Waals surface area contributed by atoms with Crippen LogP contribution < -0.4 is 0 Å². The van der Waals surface area contributed by atoms with E-state index in [9.17, 15) is 0 Å². The highest BCUT2D eigenvalue weighted by atomic mass is 14.9. The van der Waals surface area contributed by atoms with E-state index in [1.54, 1.807) is 12.4 Å². The second-order valence-electron chi connectivity index (χ2n) is 6.44. The lowest BCUT2D eigenvalue weighted by Gasteiger charge is -2.22. The van der Waals surface area contributed by atoms with Crippen molar-refractivity contribution in [3.8, 4) is 22.8 Å². The van der Waals surface area contributed by atoms with E-state index in [0.717, 1.165) is 22.9 Å². The summed E-state index contributed by atoms with van der Waals surface area (Å²) in [6, 6.07) is 16.7. The molecule has 0 bridgehead atoms. The van der Waals surface area contributed by atoms with Gasteiger partial charge in [-0.05, 0) is 42.5 Å². The smallest absolute Gasteiger partial charge is 0.178 e. The van der Waals surface area contributed by atoms with E-state index >= 15 is 0 Å².